The number of hydrogen-bond donors (Lipinski definition) is 1. The average molecular weight is 672 g/mol. The quantitative estimate of drug-likeness (QED) is 0.215. The van der Waals surface area contributed by atoms with Gasteiger partial charge in [-0.05, 0) is 111 Å². The summed E-state index contributed by atoms with van der Waals surface area (Å²) < 4.78 is 80.6. The van der Waals surface area contributed by atoms with Crippen molar-refractivity contribution >= 4 is 16.2 Å². The monoisotopic (exact) mass is 671 g/mol. The van der Waals surface area contributed by atoms with Crippen LogP contribution in [0.25, 0.3) is 22.4 Å². The molecule has 1 N–H and O–H groups in total. The van der Waals surface area contributed by atoms with Gasteiger partial charge in [0.15, 0.2) is 0 Å². The fourth-order valence-corrected chi connectivity index (χ4v) is 9.03. The molecular weight excluding hydrogens is 635 g/mol. The summed E-state index contributed by atoms with van der Waals surface area (Å²) in [4.78, 5) is 22.9. The lowest BCUT2D eigenvalue weighted by Crippen LogP contribution is -2.36. The molecule has 2 aromatic carbocycles. The molecule has 4 bridgehead atoms. The largest absolute Gasteiger partial charge is 0.534 e. The van der Waals surface area contributed by atoms with Crippen LogP contribution < -0.4 is 4.18 Å². The molecule has 3 aliphatic heterocycles. The normalized spacial score (nSPS) is 26.2. The number of imidazole rings is 1. The number of H-pyrrole nitrogens is 1. The Morgan fingerprint density at radius 3 is 2.26 bits per heavy atom. The van der Waals surface area contributed by atoms with Gasteiger partial charge in [-0.25, -0.2) is 9.78 Å². The molecule has 1 saturated carbocycles. The van der Waals surface area contributed by atoms with Crippen molar-refractivity contribution in [2.45, 2.75) is 107 Å². The van der Waals surface area contributed by atoms with Gasteiger partial charge in [-0.15, -0.1) is 0 Å². The molecule has 9 nitrogen and oxygen atoms in total. The van der Waals surface area contributed by atoms with E-state index in [-0.39, 0.29) is 41.9 Å². The first kappa shape index (κ1) is 30.7. The number of halogens is 3. The maximum absolute atomic E-state index is 13.3. The second-order valence-corrected chi connectivity index (χ2v) is 15.9. The lowest BCUT2D eigenvalue weighted by atomic mass is 9.79. The molecule has 3 fully saturated rings. The van der Waals surface area contributed by atoms with Crippen LogP contribution in [-0.2, 0) is 19.6 Å². The van der Waals surface area contributed by atoms with Crippen molar-refractivity contribution in [2.75, 3.05) is 6.54 Å². The van der Waals surface area contributed by atoms with Gasteiger partial charge in [0.05, 0.1) is 30.1 Å². The molecule has 1 amide bonds. The number of carbonyl (C=O) groups excluding carboxylic acids is 1. The summed E-state index contributed by atoms with van der Waals surface area (Å²) in [5, 5.41) is 0. The van der Waals surface area contributed by atoms with Gasteiger partial charge in [0.1, 0.15) is 17.2 Å². The van der Waals surface area contributed by atoms with Crippen molar-refractivity contribution in [2.24, 2.45) is 0 Å². The van der Waals surface area contributed by atoms with E-state index in [0.717, 1.165) is 84.0 Å². The van der Waals surface area contributed by atoms with E-state index in [9.17, 15) is 26.4 Å². The zero-order valence-corrected chi connectivity index (χ0v) is 27.1. The van der Waals surface area contributed by atoms with Gasteiger partial charge in [-0.1, -0.05) is 18.2 Å². The highest BCUT2D eigenvalue weighted by molar-refractivity contribution is 7.88. The Bertz CT molecular complexity index is 1900. The smallest absolute Gasteiger partial charge is 0.444 e. The number of aromatic amines is 1. The zero-order chi connectivity index (χ0) is 33.0. The molecule has 4 unspecified atom stereocenters. The summed E-state index contributed by atoms with van der Waals surface area (Å²) in [6, 6.07) is 6.94. The Balaban J connectivity index is 1.18. The minimum Gasteiger partial charge on any atom is -0.444 e. The summed E-state index contributed by atoms with van der Waals surface area (Å²) in [5.74, 6) is 0.541. The summed E-state index contributed by atoms with van der Waals surface area (Å²) >= 11 is 0. The average Bonchev–Trinajstić information content (AvgIpc) is 3.84. The number of aromatic nitrogens is 2. The second-order valence-electron chi connectivity index (χ2n) is 14.3. The lowest BCUT2D eigenvalue weighted by Gasteiger charge is -2.27. The van der Waals surface area contributed by atoms with Crippen LogP contribution >= 0.6 is 0 Å². The van der Waals surface area contributed by atoms with Crippen LogP contribution in [0.2, 0.25) is 0 Å². The van der Waals surface area contributed by atoms with E-state index in [1.54, 1.807) is 17.2 Å². The highest BCUT2D eigenvalue weighted by Crippen LogP contribution is 2.61. The van der Waals surface area contributed by atoms with E-state index in [2.05, 4.69) is 4.98 Å². The van der Waals surface area contributed by atoms with E-state index in [4.69, 9.17) is 18.6 Å². The number of nitrogens with zero attached hydrogens (tertiary/aromatic N) is 2. The van der Waals surface area contributed by atoms with Crippen LogP contribution in [0.15, 0.2) is 30.5 Å². The van der Waals surface area contributed by atoms with Crippen LogP contribution in [0.3, 0.4) is 0 Å². The number of fused-ring (bicyclic) bond motifs is 10. The van der Waals surface area contributed by atoms with E-state index >= 15 is 0 Å². The number of carbonyl (C=O) groups is 1. The van der Waals surface area contributed by atoms with Crippen molar-refractivity contribution in [3.8, 4) is 28.1 Å². The minimum absolute atomic E-state index is 0.0485. The van der Waals surface area contributed by atoms with Gasteiger partial charge in [0.2, 0.25) is 0 Å². The number of ether oxygens (including phenoxy) is 2. The highest BCUT2D eigenvalue weighted by atomic mass is 32.2. The van der Waals surface area contributed by atoms with Gasteiger partial charge >= 0.3 is 21.7 Å². The van der Waals surface area contributed by atoms with Crippen molar-refractivity contribution in [3.05, 3.63) is 58.5 Å². The fourth-order valence-electron chi connectivity index (χ4n) is 8.55. The van der Waals surface area contributed by atoms with Crippen molar-refractivity contribution in [3.63, 3.8) is 0 Å². The summed E-state index contributed by atoms with van der Waals surface area (Å²) in [7, 11) is -5.80. The van der Waals surface area contributed by atoms with E-state index < -0.39 is 21.2 Å². The Labute approximate surface area is 270 Å². The molecule has 13 heteroatoms. The first-order valence-electron chi connectivity index (χ1n) is 16.2. The van der Waals surface area contributed by atoms with Crippen molar-refractivity contribution in [1.29, 1.82) is 0 Å². The Hall–Kier alpha value is -3.58. The molecule has 2 aliphatic carbocycles. The number of rotatable bonds is 5. The molecule has 0 radical (unpaired) electrons. The lowest BCUT2D eigenvalue weighted by molar-refractivity contribution is -0.0500. The molecule has 8 rings (SSSR count). The van der Waals surface area contributed by atoms with Gasteiger partial charge in [0.25, 0.3) is 0 Å². The minimum atomic E-state index is -5.80. The van der Waals surface area contributed by atoms with E-state index in [1.165, 1.54) is 6.07 Å². The summed E-state index contributed by atoms with van der Waals surface area (Å²) in [5.41, 5.74) is 1.12. The second kappa shape index (κ2) is 10.5. The van der Waals surface area contributed by atoms with Gasteiger partial charge in [0, 0.05) is 17.7 Å². The number of benzene rings is 2. The molecule has 5 aliphatic rings. The van der Waals surface area contributed by atoms with E-state index in [1.807, 2.05) is 32.9 Å². The molecule has 3 aromatic rings. The standard InChI is InChI=1S/C34H36F3N3O6S/c1-33(2,3)45-32(41)40-14-4-5-23(40)31-38-16-22(39-31)21-9-8-20(29-24-12-13-25(44-24)30(21)29)19-10-11-26(46-47(42,43)34(35,36)37)28-18-7-6-17(15-18)27(19)28/h8-11,16-18,23-25H,4-7,12-15H2,1-3H3,(H,38,39)/t17?,18?,23-,24?,25?/m0/s1. The highest BCUT2D eigenvalue weighted by Gasteiger charge is 2.50. The predicted octanol–water partition coefficient (Wildman–Crippen LogP) is 8.32. The van der Waals surface area contributed by atoms with Crippen LogP contribution in [0, 0.1) is 0 Å². The topological polar surface area (TPSA) is 111 Å². The van der Waals surface area contributed by atoms with Crippen LogP contribution in [0.4, 0.5) is 18.0 Å². The number of likely N-dealkylation sites (tertiary alicyclic amines) is 1. The number of hydrogen-bond acceptors (Lipinski definition) is 7. The molecule has 0 spiro atoms. The van der Waals surface area contributed by atoms with Crippen LogP contribution in [-0.4, -0.2) is 47.0 Å². The fraction of sp³-hybridized carbons (Fsp3) is 0.529. The molecule has 4 heterocycles. The van der Waals surface area contributed by atoms with Crippen LogP contribution in [0.5, 0.6) is 5.75 Å². The maximum atomic E-state index is 13.3. The number of amides is 1. The molecule has 2 saturated heterocycles. The van der Waals surface area contributed by atoms with Gasteiger partial charge < -0.3 is 18.6 Å². The van der Waals surface area contributed by atoms with E-state index in [0.29, 0.717) is 17.9 Å². The van der Waals surface area contributed by atoms with Crippen molar-refractivity contribution < 1.29 is 40.0 Å². The number of alkyl halides is 3. The molecule has 47 heavy (non-hydrogen) atoms. The summed E-state index contributed by atoms with van der Waals surface area (Å²) in [6.07, 6.45) is 6.98. The SMILES string of the molecule is CC(C)(C)OC(=O)N1CCC[C@H]1c1ncc(-c2ccc(-c3ccc(OS(=O)(=O)C(F)(F)F)c4c3C3CCC4C3)c3c2C2CCC3O2)[nH]1. The Morgan fingerprint density at radius 1 is 0.915 bits per heavy atom. The molecular formula is C34H36F3N3O6S. The zero-order valence-electron chi connectivity index (χ0n) is 26.3. The Kier molecular flexibility index (Phi) is 6.84. The molecule has 1 aromatic heterocycles. The van der Waals surface area contributed by atoms with Crippen molar-refractivity contribution in [1.82, 2.24) is 14.9 Å². The van der Waals surface area contributed by atoms with Crippen LogP contribution in [0.1, 0.15) is 124 Å². The Morgan fingerprint density at radius 2 is 1.55 bits per heavy atom. The third kappa shape index (κ3) is 4.94. The third-order valence-electron chi connectivity index (χ3n) is 10.3. The third-order valence-corrected chi connectivity index (χ3v) is 11.3. The molecule has 5 atom stereocenters. The first-order chi connectivity index (χ1) is 22.2. The summed E-state index contributed by atoms with van der Waals surface area (Å²) in [6.45, 7) is 6.14. The first-order valence-corrected chi connectivity index (χ1v) is 17.7. The van der Waals surface area contributed by atoms with Gasteiger partial charge in [-0.2, -0.15) is 21.6 Å². The van der Waals surface area contributed by atoms with Gasteiger partial charge in [-0.3, -0.25) is 4.90 Å². The number of nitrogens with one attached hydrogen (secondary N) is 1. The molecule has 250 valence electrons. The maximum Gasteiger partial charge on any atom is 0.534 e. The predicted molar refractivity (Wildman–Crippen MR) is 165 cm³/mol.